The van der Waals surface area contributed by atoms with Crippen LogP contribution in [0, 0.1) is 5.92 Å². The Balaban J connectivity index is 2.15. The van der Waals surface area contributed by atoms with Gasteiger partial charge in [0.2, 0.25) is 17.7 Å². The molecule has 3 amide bonds. The van der Waals surface area contributed by atoms with Crippen LogP contribution in [0.4, 0.5) is 0 Å². The molecule has 9 heteroatoms. The lowest BCUT2D eigenvalue weighted by Gasteiger charge is -2.24. The number of aliphatic carboxylic acids is 1. The van der Waals surface area contributed by atoms with Gasteiger partial charge in [0, 0.05) is 26.4 Å². The van der Waals surface area contributed by atoms with Crippen LogP contribution in [0.25, 0.3) is 0 Å². The Hall–Kier alpha value is -2.94. The molecule has 1 aliphatic rings. The highest BCUT2D eigenvalue weighted by Gasteiger charge is 2.27. The number of aryl methyl sites for hydroxylation is 1. The third kappa shape index (κ3) is 8.20. The van der Waals surface area contributed by atoms with Crippen molar-refractivity contribution in [3.8, 4) is 0 Å². The maximum atomic E-state index is 12.9. The largest absolute Gasteiger partial charge is 0.481 e. The molecule has 0 aromatic heterocycles. The molecule has 30 heavy (non-hydrogen) atoms. The number of carboxylic acids is 1. The highest BCUT2D eigenvalue weighted by Crippen LogP contribution is 2.09. The molecule has 164 valence electrons. The van der Waals surface area contributed by atoms with E-state index in [4.69, 9.17) is 0 Å². The number of carboxylic acid groups (broad SMARTS) is 1. The standard InChI is InChI=1S/C21H30N4O5/c1-14(26)24-18-8-5-11-22-19(27)12-16(21(29)30)13-23-17(20(28)25-18)10-9-15-6-3-2-4-7-15/h2-4,6-7,16-18,23H,5,8-13H2,1H3,(H,22,27)(H,24,26)(H,25,28)(H,29,30)/t16-,17+,18+/m1/s1. The van der Waals surface area contributed by atoms with Crippen molar-refractivity contribution in [1.82, 2.24) is 21.3 Å². The van der Waals surface area contributed by atoms with Crippen molar-refractivity contribution in [1.29, 1.82) is 0 Å². The molecule has 1 aromatic carbocycles. The molecule has 1 heterocycles. The molecule has 9 nitrogen and oxygen atoms in total. The van der Waals surface area contributed by atoms with E-state index in [2.05, 4.69) is 21.3 Å². The van der Waals surface area contributed by atoms with Crippen molar-refractivity contribution >= 4 is 23.7 Å². The first-order valence-corrected chi connectivity index (χ1v) is 10.2. The van der Waals surface area contributed by atoms with Crippen LogP contribution in [0.1, 0.15) is 38.2 Å². The average Bonchev–Trinajstić information content (AvgIpc) is 2.70. The quantitative estimate of drug-likeness (QED) is 0.462. The number of carbonyl (C=O) groups is 4. The minimum absolute atomic E-state index is 0.0135. The molecule has 1 aromatic rings. The van der Waals surface area contributed by atoms with Crippen LogP contribution in [0.2, 0.25) is 0 Å². The molecule has 0 aliphatic carbocycles. The maximum absolute atomic E-state index is 12.9. The average molecular weight is 418 g/mol. The van der Waals surface area contributed by atoms with Gasteiger partial charge in [0.15, 0.2) is 0 Å². The van der Waals surface area contributed by atoms with Gasteiger partial charge in [-0.3, -0.25) is 19.2 Å². The zero-order valence-electron chi connectivity index (χ0n) is 17.1. The minimum atomic E-state index is -1.09. The van der Waals surface area contributed by atoms with Crippen molar-refractivity contribution in [3.05, 3.63) is 35.9 Å². The topological polar surface area (TPSA) is 137 Å². The van der Waals surface area contributed by atoms with Gasteiger partial charge >= 0.3 is 5.97 Å². The summed E-state index contributed by atoms with van der Waals surface area (Å²) in [4.78, 5) is 48.0. The third-order valence-corrected chi connectivity index (χ3v) is 4.96. The Morgan fingerprint density at radius 2 is 1.93 bits per heavy atom. The van der Waals surface area contributed by atoms with Crippen LogP contribution in [0.15, 0.2) is 30.3 Å². The maximum Gasteiger partial charge on any atom is 0.308 e. The summed E-state index contributed by atoms with van der Waals surface area (Å²) in [6.45, 7) is 1.69. The van der Waals surface area contributed by atoms with E-state index in [1.807, 2.05) is 30.3 Å². The lowest BCUT2D eigenvalue weighted by atomic mass is 10.0. The number of rotatable bonds is 5. The zero-order valence-corrected chi connectivity index (χ0v) is 17.1. The molecule has 0 unspecified atom stereocenters. The number of amides is 3. The van der Waals surface area contributed by atoms with E-state index in [0.29, 0.717) is 32.2 Å². The molecule has 0 saturated carbocycles. The number of benzene rings is 1. The molecular weight excluding hydrogens is 388 g/mol. The normalized spacial score (nSPS) is 23.7. The molecular formula is C21H30N4O5. The fraction of sp³-hybridized carbons (Fsp3) is 0.524. The van der Waals surface area contributed by atoms with Crippen molar-refractivity contribution in [2.24, 2.45) is 5.92 Å². The van der Waals surface area contributed by atoms with Gasteiger partial charge in [0.25, 0.3) is 0 Å². The fourth-order valence-electron chi connectivity index (χ4n) is 3.34. The molecule has 1 aliphatic heterocycles. The fourth-order valence-corrected chi connectivity index (χ4v) is 3.34. The van der Waals surface area contributed by atoms with Crippen molar-refractivity contribution in [3.63, 3.8) is 0 Å². The first kappa shape index (κ1) is 23.3. The van der Waals surface area contributed by atoms with Gasteiger partial charge < -0.3 is 26.4 Å². The van der Waals surface area contributed by atoms with E-state index < -0.39 is 24.1 Å². The zero-order chi connectivity index (χ0) is 21.9. The van der Waals surface area contributed by atoms with Crippen LogP contribution in [0.3, 0.4) is 0 Å². The highest BCUT2D eigenvalue weighted by atomic mass is 16.4. The molecule has 1 saturated heterocycles. The Kier molecular flexibility index (Phi) is 9.27. The van der Waals surface area contributed by atoms with E-state index in [-0.39, 0.29) is 30.7 Å². The van der Waals surface area contributed by atoms with E-state index in [0.717, 1.165) is 5.56 Å². The summed E-state index contributed by atoms with van der Waals surface area (Å²) in [5.74, 6) is -2.96. The summed E-state index contributed by atoms with van der Waals surface area (Å²) >= 11 is 0. The summed E-state index contributed by atoms with van der Waals surface area (Å²) in [5.41, 5.74) is 1.06. The molecule has 5 N–H and O–H groups in total. The van der Waals surface area contributed by atoms with Gasteiger partial charge in [-0.05, 0) is 31.2 Å². The summed E-state index contributed by atoms with van der Waals surface area (Å²) in [6, 6.07) is 9.00. The summed E-state index contributed by atoms with van der Waals surface area (Å²) in [7, 11) is 0. The Bertz CT molecular complexity index is 740. The van der Waals surface area contributed by atoms with Gasteiger partial charge in [-0.1, -0.05) is 30.3 Å². The molecule has 0 bridgehead atoms. The van der Waals surface area contributed by atoms with Crippen LogP contribution < -0.4 is 21.3 Å². The predicted molar refractivity (Wildman–Crippen MR) is 110 cm³/mol. The van der Waals surface area contributed by atoms with E-state index in [1.165, 1.54) is 6.92 Å². The first-order chi connectivity index (χ1) is 14.3. The Morgan fingerprint density at radius 1 is 1.20 bits per heavy atom. The van der Waals surface area contributed by atoms with E-state index in [9.17, 15) is 24.3 Å². The van der Waals surface area contributed by atoms with Gasteiger partial charge in [-0.25, -0.2) is 0 Å². The van der Waals surface area contributed by atoms with Crippen LogP contribution in [-0.4, -0.2) is 54.1 Å². The molecule has 1 fully saturated rings. The van der Waals surface area contributed by atoms with E-state index in [1.54, 1.807) is 0 Å². The second kappa shape index (κ2) is 11.9. The SMILES string of the molecule is CC(=O)N[C@@H]1CCCNC(=O)C[C@@H](C(=O)O)CN[C@@H](CCc2ccccc2)C(=O)N1. The van der Waals surface area contributed by atoms with Crippen molar-refractivity contribution in [2.75, 3.05) is 13.1 Å². The van der Waals surface area contributed by atoms with Crippen LogP contribution in [0.5, 0.6) is 0 Å². The van der Waals surface area contributed by atoms with Crippen LogP contribution in [-0.2, 0) is 25.6 Å². The van der Waals surface area contributed by atoms with Gasteiger partial charge in [-0.15, -0.1) is 0 Å². The molecule has 0 radical (unpaired) electrons. The van der Waals surface area contributed by atoms with Crippen molar-refractivity contribution < 1.29 is 24.3 Å². The summed E-state index contributed by atoms with van der Waals surface area (Å²) < 4.78 is 0. The third-order valence-electron chi connectivity index (χ3n) is 4.96. The second-order valence-corrected chi connectivity index (χ2v) is 7.48. The number of hydrogen-bond acceptors (Lipinski definition) is 5. The molecule has 2 rings (SSSR count). The Morgan fingerprint density at radius 3 is 2.60 bits per heavy atom. The lowest BCUT2D eigenvalue weighted by Crippen LogP contribution is -2.54. The highest BCUT2D eigenvalue weighted by molar-refractivity contribution is 5.84. The lowest BCUT2D eigenvalue weighted by molar-refractivity contribution is -0.144. The van der Waals surface area contributed by atoms with Gasteiger partial charge in [0.05, 0.1) is 12.0 Å². The number of nitrogens with one attached hydrogen (secondary N) is 4. The number of carbonyl (C=O) groups excluding carboxylic acids is 3. The predicted octanol–water partition coefficient (Wildman–Crippen LogP) is 0.157. The Labute approximate surface area is 176 Å². The monoisotopic (exact) mass is 418 g/mol. The smallest absolute Gasteiger partial charge is 0.308 e. The molecule has 3 atom stereocenters. The van der Waals surface area contributed by atoms with E-state index >= 15 is 0 Å². The van der Waals surface area contributed by atoms with Gasteiger partial charge in [-0.2, -0.15) is 0 Å². The van der Waals surface area contributed by atoms with Crippen molar-refractivity contribution in [2.45, 2.75) is 51.2 Å². The van der Waals surface area contributed by atoms with Crippen LogP contribution >= 0.6 is 0 Å². The number of hydrogen-bond donors (Lipinski definition) is 5. The first-order valence-electron chi connectivity index (χ1n) is 10.2. The molecule has 0 spiro atoms. The summed E-state index contributed by atoms with van der Waals surface area (Å²) in [5, 5.41) is 20.7. The second-order valence-electron chi connectivity index (χ2n) is 7.48. The minimum Gasteiger partial charge on any atom is -0.481 e. The van der Waals surface area contributed by atoms with Gasteiger partial charge in [0.1, 0.15) is 6.17 Å². The summed E-state index contributed by atoms with van der Waals surface area (Å²) in [6.07, 6.45) is 1.31.